The molecule has 10 heteroatoms. The zero-order chi connectivity index (χ0) is 15.4. The van der Waals surface area contributed by atoms with Gasteiger partial charge in [0, 0.05) is 12.5 Å². The van der Waals surface area contributed by atoms with Gasteiger partial charge in [-0.3, -0.25) is 10.1 Å². The molecule has 0 saturated carbocycles. The van der Waals surface area contributed by atoms with Gasteiger partial charge in [0.05, 0.1) is 24.2 Å². The molecule has 0 amide bonds. The van der Waals surface area contributed by atoms with Gasteiger partial charge in [-0.1, -0.05) is 0 Å². The summed E-state index contributed by atoms with van der Waals surface area (Å²) in [4.78, 5) is 17.8. The van der Waals surface area contributed by atoms with Crippen molar-refractivity contribution in [3.8, 4) is 11.5 Å². The molecule has 0 fully saturated rings. The number of nitrogens with two attached hydrogens (primary N) is 3. The second-order valence-corrected chi connectivity index (χ2v) is 4.10. The lowest BCUT2D eigenvalue weighted by Crippen LogP contribution is -2.26. The van der Waals surface area contributed by atoms with Crippen LogP contribution in [0.25, 0.3) is 0 Å². The van der Waals surface area contributed by atoms with Crippen LogP contribution in [0.4, 0.5) is 11.4 Å². The van der Waals surface area contributed by atoms with Crippen LogP contribution in [0, 0.1) is 10.1 Å². The van der Waals surface area contributed by atoms with E-state index >= 15 is 0 Å². The van der Waals surface area contributed by atoms with Gasteiger partial charge in [-0.15, -0.1) is 0 Å². The lowest BCUT2D eigenvalue weighted by molar-refractivity contribution is -0.384. The monoisotopic (exact) mass is 294 g/mol. The van der Waals surface area contributed by atoms with Gasteiger partial charge in [-0.05, 0) is 0 Å². The molecule has 0 aliphatic carbocycles. The van der Waals surface area contributed by atoms with Crippen molar-refractivity contribution in [2.45, 2.75) is 6.42 Å². The molecular formula is C11H14N6O4. The summed E-state index contributed by atoms with van der Waals surface area (Å²) in [5, 5.41) is 11.1. The molecule has 1 heterocycles. The van der Waals surface area contributed by atoms with Gasteiger partial charge in [0.2, 0.25) is 5.96 Å². The number of fused-ring (bicyclic) bond motifs is 1. The summed E-state index contributed by atoms with van der Waals surface area (Å²) in [5.74, 6) is 0.0498. The first-order valence-corrected chi connectivity index (χ1v) is 5.99. The maximum atomic E-state index is 11.1. The summed E-state index contributed by atoms with van der Waals surface area (Å²) in [6.07, 6.45) is 0.678. The van der Waals surface area contributed by atoms with E-state index in [0.29, 0.717) is 31.1 Å². The van der Waals surface area contributed by atoms with E-state index in [1.165, 1.54) is 12.1 Å². The lowest BCUT2D eigenvalue weighted by atomic mass is 10.2. The Kier molecular flexibility index (Phi) is 4.07. The van der Waals surface area contributed by atoms with Gasteiger partial charge in [0.1, 0.15) is 5.69 Å². The molecule has 1 aliphatic heterocycles. The summed E-state index contributed by atoms with van der Waals surface area (Å²) in [5.41, 5.74) is 15.5. The Labute approximate surface area is 119 Å². The molecule has 6 N–H and O–H groups in total. The molecule has 2 rings (SSSR count). The molecule has 0 saturated heterocycles. The first-order chi connectivity index (χ1) is 9.97. The van der Waals surface area contributed by atoms with Crippen molar-refractivity contribution in [2.24, 2.45) is 27.2 Å². The SMILES string of the molecule is NC(N)=NC(N)=Nc1cc2c(cc1[N+](=O)[O-])OCCCO2. The number of guanidine groups is 2. The Morgan fingerprint density at radius 3 is 2.38 bits per heavy atom. The molecule has 0 atom stereocenters. The van der Waals surface area contributed by atoms with Crippen LogP contribution in [0.5, 0.6) is 11.5 Å². The third-order valence-corrected chi connectivity index (χ3v) is 2.52. The van der Waals surface area contributed by atoms with Crippen LogP contribution in [-0.4, -0.2) is 30.1 Å². The van der Waals surface area contributed by atoms with Crippen molar-refractivity contribution in [1.82, 2.24) is 0 Å². The highest BCUT2D eigenvalue weighted by atomic mass is 16.6. The van der Waals surface area contributed by atoms with Crippen molar-refractivity contribution in [3.05, 3.63) is 22.2 Å². The summed E-state index contributed by atoms with van der Waals surface area (Å²) >= 11 is 0. The summed E-state index contributed by atoms with van der Waals surface area (Å²) in [7, 11) is 0. The Morgan fingerprint density at radius 2 is 1.81 bits per heavy atom. The number of ether oxygens (including phenoxy) is 2. The second-order valence-electron chi connectivity index (χ2n) is 4.10. The largest absolute Gasteiger partial charge is 0.489 e. The highest BCUT2D eigenvalue weighted by Gasteiger charge is 2.21. The van der Waals surface area contributed by atoms with E-state index in [0.717, 1.165) is 0 Å². The van der Waals surface area contributed by atoms with Crippen molar-refractivity contribution >= 4 is 23.3 Å². The Bertz CT molecular complexity index is 623. The average molecular weight is 294 g/mol. The lowest BCUT2D eigenvalue weighted by Gasteiger charge is -2.08. The van der Waals surface area contributed by atoms with Gasteiger partial charge >= 0.3 is 0 Å². The molecule has 0 radical (unpaired) electrons. The van der Waals surface area contributed by atoms with Crippen LogP contribution in [-0.2, 0) is 0 Å². The Balaban J connectivity index is 2.51. The van der Waals surface area contributed by atoms with E-state index in [1.54, 1.807) is 0 Å². The van der Waals surface area contributed by atoms with Crippen LogP contribution < -0.4 is 26.7 Å². The van der Waals surface area contributed by atoms with E-state index in [2.05, 4.69) is 9.98 Å². The quantitative estimate of drug-likeness (QED) is 0.298. The second kappa shape index (κ2) is 5.94. The van der Waals surface area contributed by atoms with E-state index in [1.807, 2.05) is 0 Å². The number of aliphatic imine (C=N–C) groups is 2. The standard InChI is InChI=1S/C11H14N6O4/c12-10(13)16-11(14)15-6-4-8-9(5-7(6)17(18)19)21-3-1-2-20-8/h4-5H,1-3H2,(H6,12,13,14,15,16). The molecule has 0 spiro atoms. The number of nitro benzene ring substituents is 1. The predicted octanol–water partition coefficient (Wildman–Crippen LogP) is -0.0243. The summed E-state index contributed by atoms with van der Waals surface area (Å²) < 4.78 is 10.8. The van der Waals surface area contributed by atoms with Crippen molar-refractivity contribution in [2.75, 3.05) is 13.2 Å². The van der Waals surface area contributed by atoms with Crippen LogP contribution in [0.1, 0.15) is 6.42 Å². The third-order valence-electron chi connectivity index (χ3n) is 2.52. The number of nitro groups is 1. The molecular weight excluding hydrogens is 280 g/mol. The number of benzene rings is 1. The molecule has 1 aromatic rings. The van der Waals surface area contributed by atoms with Gasteiger partial charge in [0.25, 0.3) is 5.69 Å². The zero-order valence-corrected chi connectivity index (χ0v) is 11.0. The normalized spacial score (nSPS) is 14.2. The fourth-order valence-corrected chi connectivity index (χ4v) is 1.70. The van der Waals surface area contributed by atoms with Crippen molar-refractivity contribution in [3.63, 3.8) is 0 Å². The molecule has 1 aromatic carbocycles. The smallest absolute Gasteiger partial charge is 0.298 e. The topological polar surface area (TPSA) is 164 Å². The Morgan fingerprint density at radius 1 is 1.19 bits per heavy atom. The van der Waals surface area contributed by atoms with E-state index in [4.69, 9.17) is 26.7 Å². The van der Waals surface area contributed by atoms with Crippen molar-refractivity contribution in [1.29, 1.82) is 0 Å². The highest BCUT2D eigenvalue weighted by Crippen LogP contribution is 2.40. The number of hydrogen-bond donors (Lipinski definition) is 3. The summed E-state index contributed by atoms with van der Waals surface area (Å²) in [6.45, 7) is 0.861. The Hall–Kier alpha value is -3.04. The minimum atomic E-state index is -0.601. The first-order valence-electron chi connectivity index (χ1n) is 5.99. The maximum absolute atomic E-state index is 11.1. The number of rotatable bonds is 2. The predicted molar refractivity (Wildman–Crippen MR) is 75.8 cm³/mol. The minimum Gasteiger partial charge on any atom is -0.489 e. The molecule has 10 nitrogen and oxygen atoms in total. The van der Waals surface area contributed by atoms with Crippen molar-refractivity contribution < 1.29 is 14.4 Å². The molecule has 21 heavy (non-hydrogen) atoms. The van der Waals surface area contributed by atoms with Crippen LogP contribution in [0.15, 0.2) is 22.1 Å². The van der Waals surface area contributed by atoms with Gasteiger partial charge in [0.15, 0.2) is 17.5 Å². The minimum absolute atomic E-state index is 0.0215. The summed E-state index contributed by atoms with van der Waals surface area (Å²) in [6, 6.07) is 2.61. The van der Waals surface area contributed by atoms with Gasteiger partial charge in [-0.2, -0.15) is 4.99 Å². The average Bonchev–Trinajstić information content (AvgIpc) is 2.61. The molecule has 0 bridgehead atoms. The highest BCUT2D eigenvalue weighted by molar-refractivity contribution is 5.94. The molecule has 1 aliphatic rings. The molecule has 112 valence electrons. The number of nitrogens with zero attached hydrogens (tertiary/aromatic N) is 3. The van der Waals surface area contributed by atoms with E-state index < -0.39 is 4.92 Å². The fraction of sp³-hybridized carbons (Fsp3) is 0.273. The maximum Gasteiger partial charge on any atom is 0.298 e. The third kappa shape index (κ3) is 3.49. The molecule has 0 unspecified atom stereocenters. The van der Waals surface area contributed by atoms with Crippen LogP contribution in [0.3, 0.4) is 0 Å². The fourth-order valence-electron chi connectivity index (χ4n) is 1.70. The molecule has 0 aromatic heterocycles. The van der Waals surface area contributed by atoms with Crippen LogP contribution >= 0.6 is 0 Å². The first kappa shape index (κ1) is 14.4. The van der Waals surface area contributed by atoms with E-state index in [-0.39, 0.29) is 23.3 Å². The van der Waals surface area contributed by atoms with Crippen LogP contribution in [0.2, 0.25) is 0 Å². The van der Waals surface area contributed by atoms with E-state index in [9.17, 15) is 10.1 Å². The zero-order valence-electron chi connectivity index (χ0n) is 11.0. The van der Waals surface area contributed by atoms with Gasteiger partial charge < -0.3 is 26.7 Å². The number of hydrogen-bond acceptors (Lipinski definition) is 5. The van der Waals surface area contributed by atoms with Gasteiger partial charge in [-0.25, -0.2) is 4.99 Å².